The van der Waals surface area contributed by atoms with E-state index in [0.29, 0.717) is 0 Å². The molecule has 0 aliphatic heterocycles. The van der Waals surface area contributed by atoms with Gasteiger partial charge in [-0.1, -0.05) is 26.0 Å². The summed E-state index contributed by atoms with van der Waals surface area (Å²) in [5, 5.41) is 11.7. The van der Waals surface area contributed by atoms with Gasteiger partial charge in [-0.3, -0.25) is 4.79 Å². The number of hydrogen-bond acceptors (Lipinski definition) is 3. The summed E-state index contributed by atoms with van der Waals surface area (Å²) in [7, 11) is 1.58. The molecule has 0 aromatic heterocycles. The normalized spacial score (nSPS) is 11.7. The van der Waals surface area contributed by atoms with E-state index in [4.69, 9.17) is 10.00 Å². The monoisotopic (exact) mass is 232 g/mol. The molecule has 1 N–H and O–H groups in total. The maximum Gasteiger partial charge on any atom is 0.223 e. The standard InChI is InChI=1S/C13H16N2O2/c1-9(2)13(16)15-12(8-14)10-4-6-11(17-3)7-5-10/h4-7,9,12H,1-3H3,(H,15,16). The topological polar surface area (TPSA) is 62.1 Å². The lowest BCUT2D eigenvalue weighted by atomic mass is 10.1. The van der Waals surface area contributed by atoms with Gasteiger partial charge in [-0.25, -0.2) is 0 Å². The molecule has 1 rings (SSSR count). The Morgan fingerprint density at radius 1 is 1.35 bits per heavy atom. The molecule has 0 saturated heterocycles. The van der Waals surface area contributed by atoms with Crippen LogP contribution in [0.4, 0.5) is 0 Å². The Morgan fingerprint density at radius 2 is 1.94 bits per heavy atom. The molecule has 0 heterocycles. The molecule has 0 bridgehead atoms. The lowest BCUT2D eigenvalue weighted by Gasteiger charge is -2.14. The third-order valence-electron chi connectivity index (χ3n) is 2.39. The van der Waals surface area contributed by atoms with Gasteiger partial charge in [0.25, 0.3) is 0 Å². The second kappa shape index (κ2) is 5.90. The molecular weight excluding hydrogens is 216 g/mol. The van der Waals surface area contributed by atoms with Gasteiger partial charge in [0.1, 0.15) is 11.8 Å². The Kier molecular flexibility index (Phi) is 4.53. The van der Waals surface area contributed by atoms with Crippen molar-refractivity contribution in [3.05, 3.63) is 29.8 Å². The quantitative estimate of drug-likeness (QED) is 0.864. The molecule has 4 heteroatoms. The van der Waals surface area contributed by atoms with E-state index >= 15 is 0 Å². The molecule has 1 aromatic rings. The predicted octanol–water partition coefficient (Wildman–Crippen LogP) is 2.03. The van der Waals surface area contributed by atoms with E-state index in [1.807, 2.05) is 0 Å². The minimum Gasteiger partial charge on any atom is -0.497 e. The number of ether oxygens (including phenoxy) is 1. The summed E-state index contributed by atoms with van der Waals surface area (Å²) < 4.78 is 5.03. The molecule has 0 saturated carbocycles. The lowest BCUT2D eigenvalue weighted by Crippen LogP contribution is -2.31. The van der Waals surface area contributed by atoms with Crippen molar-refractivity contribution in [3.63, 3.8) is 0 Å². The summed E-state index contributed by atoms with van der Waals surface area (Å²) in [6.45, 7) is 3.58. The van der Waals surface area contributed by atoms with E-state index in [1.165, 1.54) is 0 Å². The number of nitrogens with one attached hydrogen (secondary N) is 1. The van der Waals surface area contributed by atoms with Crippen LogP contribution in [-0.2, 0) is 4.79 Å². The number of rotatable bonds is 4. The molecule has 1 unspecified atom stereocenters. The van der Waals surface area contributed by atoms with Crippen LogP contribution in [-0.4, -0.2) is 13.0 Å². The number of carbonyl (C=O) groups is 1. The van der Waals surface area contributed by atoms with E-state index in [-0.39, 0.29) is 11.8 Å². The SMILES string of the molecule is COc1ccc(C(C#N)NC(=O)C(C)C)cc1. The molecule has 1 amide bonds. The van der Waals surface area contributed by atoms with Crippen LogP contribution in [0.15, 0.2) is 24.3 Å². The highest BCUT2D eigenvalue weighted by molar-refractivity contribution is 5.78. The zero-order valence-corrected chi connectivity index (χ0v) is 10.2. The smallest absolute Gasteiger partial charge is 0.223 e. The summed E-state index contributed by atoms with van der Waals surface area (Å²) in [5.74, 6) is 0.456. The van der Waals surface area contributed by atoms with E-state index in [2.05, 4.69) is 11.4 Å². The van der Waals surface area contributed by atoms with Crippen molar-refractivity contribution in [2.24, 2.45) is 5.92 Å². The number of benzene rings is 1. The Balaban J connectivity index is 2.80. The molecule has 0 radical (unpaired) electrons. The van der Waals surface area contributed by atoms with Crippen molar-refractivity contribution in [2.45, 2.75) is 19.9 Å². The fourth-order valence-electron chi connectivity index (χ4n) is 1.30. The molecule has 0 aliphatic rings. The van der Waals surface area contributed by atoms with Gasteiger partial charge >= 0.3 is 0 Å². The highest BCUT2D eigenvalue weighted by Gasteiger charge is 2.15. The molecule has 17 heavy (non-hydrogen) atoms. The second-order valence-electron chi connectivity index (χ2n) is 4.00. The van der Waals surface area contributed by atoms with Crippen LogP contribution in [0.3, 0.4) is 0 Å². The Labute approximate surface area is 101 Å². The van der Waals surface area contributed by atoms with Crippen LogP contribution in [0, 0.1) is 17.2 Å². The average Bonchev–Trinajstić information content (AvgIpc) is 2.35. The van der Waals surface area contributed by atoms with E-state index in [0.717, 1.165) is 11.3 Å². The van der Waals surface area contributed by atoms with Gasteiger partial charge < -0.3 is 10.1 Å². The van der Waals surface area contributed by atoms with Crippen molar-refractivity contribution in [1.29, 1.82) is 5.26 Å². The van der Waals surface area contributed by atoms with Crippen LogP contribution in [0.5, 0.6) is 5.75 Å². The summed E-state index contributed by atoms with van der Waals surface area (Å²) in [4.78, 5) is 11.5. The second-order valence-corrected chi connectivity index (χ2v) is 4.00. The highest BCUT2D eigenvalue weighted by Crippen LogP contribution is 2.17. The summed E-state index contributed by atoms with van der Waals surface area (Å²) in [6.07, 6.45) is 0. The van der Waals surface area contributed by atoms with Gasteiger partial charge in [-0.15, -0.1) is 0 Å². The van der Waals surface area contributed by atoms with E-state index in [1.54, 1.807) is 45.2 Å². The first-order valence-corrected chi connectivity index (χ1v) is 5.42. The Bertz CT molecular complexity index is 418. The molecule has 1 aromatic carbocycles. The summed E-state index contributed by atoms with van der Waals surface area (Å²) in [5.41, 5.74) is 0.752. The number of carbonyl (C=O) groups excluding carboxylic acids is 1. The highest BCUT2D eigenvalue weighted by atomic mass is 16.5. The molecule has 1 atom stereocenters. The first-order valence-electron chi connectivity index (χ1n) is 5.42. The van der Waals surface area contributed by atoms with Crippen molar-refractivity contribution in [2.75, 3.05) is 7.11 Å². The fourth-order valence-corrected chi connectivity index (χ4v) is 1.30. The van der Waals surface area contributed by atoms with Crippen LogP contribution in [0.2, 0.25) is 0 Å². The average molecular weight is 232 g/mol. The number of nitrogens with zero attached hydrogens (tertiary/aromatic N) is 1. The molecular formula is C13H16N2O2. The molecule has 4 nitrogen and oxygen atoms in total. The minimum atomic E-state index is -0.615. The maximum atomic E-state index is 11.5. The molecule has 0 fully saturated rings. The Morgan fingerprint density at radius 3 is 2.35 bits per heavy atom. The zero-order chi connectivity index (χ0) is 12.8. The third kappa shape index (κ3) is 3.49. The maximum absolute atomic E-state index is 11.5. The lowest BCUT2D eigenvalue weighted by molar-refractivity contribution is -0.124. The number of hydrogen-bond donors (Lipinski definition) is 1. The largest absolute Gasteiger partial charge is 0.497 e. The Hall–Kier alpha value is -2.02. The summed E-state index contributed by atoms with van der Waals surface area (Å²) in [6, 6.07) is 8.53. The van der Waals surface area contributed by atoms with Crippen LogP contribution in [0.25, 0.3) is 0 Å². The first kappa shape index (κ1) is 13.0. The minimum absolute atomic E-state index is 0.132. The van der Waals surface area contributed by atoms with Crippen molar-refractivity contribution < 1.29 is 9.53 Å². The van der Waals surface area contributed by atoms with Gasteiger partial charge in [0.2, 0.25) is 5.91 Å². The van der Waals surface area contributed by atoms with E-state index < -0.39 is 6.04 Å². The third-order valence-corrected chi connectivity index (χ3v) is 2.39. The predicted molar refractivity (Wildman–Crippen MR) is 64.3 cm³/mol. The van der Waals surface area contributed by atoms with Gasteiger partial charge in [0, 0.05) is 5.92 Å². The van der Waals surface area contributed by atoms with E-state index in [9.17, 15) is 4.79 Å². The fraction of sp³-hybridized carbons (Fsp3) is 0.385. The zero-order valence-electron chi connectivity index (χ0n) is 10.2. The number of nitriles is 1. The number of amides is 1. The van der Waals surface area contributed by atoms with Crippen molar-refractivity contribution in [3.8, 4) is 11.8 Å². The van der Waals surface area contributed by atoms with Crippen LogP contribution >= 0.6 is 0 Å². The van der Waals surface area contributed by atoms with Gasteiger partial charge in [0.15, 0.2) is 0 Å². The van der Waals surface area contributed by atoms with Crippen molar-refractivity contribution >= 4 is 5.91 Å². The molecule has 0 spiro atoms. The van der Waals surface area contributed by atoms with Gasteiger partial charge in [0.05, 0.1) is 13.2 Å². The van der Waals surface area contributed by atoms with Crippen LogP contribution in [0.1, 0.15) is 25.5 Å². The molecule has 90 valence electrons. The van der Waals surface area contributed by atoms with Crippen LogP contribution < -0.4 is 10.1 Å². The number of methoxy groups -OCH3 is 1. The first-order chi connectivity index (χ1) is 8.08. The molecule has 0 aliphatic carbocycles. The van der Waals surface area contributed by atoms with Crippen molar-refractivity contribution in [1.82, 2.24) is 5.32 Å². The van der Waals surface area contributed by atoms with Gasteiger partial charge in [-0.2, -0.15) is 5.26 Å². The summed E-state index contributed by atoms with van der Waals surface area (Å²) >= 11 is 0. The van der Waals surface area contributed by atoms with Gasteiger partial charge in [-0.05, 0) is 17.7 Å².